The van der Waals surface area contributed by atoms with Gasteiger partial charge in [-0.1, -0.05) is 25.0 Å². The summed E-state index contributed by atoms with van der Waals surface area (Å²) in [7, 11) is 0. The van der Waals surface area contributed by atoms with Gasteiger partial charge in [-0.3, -0.25) is 0 Å². The fraction of sp³-hybridized carbons (Fsp3) is 0.636. The zero-order valence-corrected chi connectivity index (χ0v) is 8.28. The second-order valence-electron chi connectivity index (χ2n) is 3.53. The second-order valence-corrected chi connectivity index (χ2v) is 3.53. The van der Waals surface area contributed by atoms with Crippen LogP contribution < -0.4 is 0 Å². The van der Waals surface area contributed by atoms with Gasteiger partial charge in [0.1, 0.15) is 0 Å². The van der Waals surface area contributed by atoms with Gasteiger partial charge in [0.15, 0.2) is 0 Å². The molecular weight excluding hydrogens is 155 g/mol. The normalized spacial score (nSPS) is 23.2. The molecule has 0 aromatic carbocycles. The van der Waals surface area contributed by atoms with Gasteiger partial charge in [0.05, 0.1) is 0 Å². The van der Waals surface area contributed by atoms with Crippen molar-refractivity contribution in [3.8, 4) is 0 Å². The summed E-state index contributed by atoms with van der Waals surface area (Å²) >= 11 is 0. The quantitative estimate of drug-likeness (QED) is 0.536. The molecule has 1 unspecified atom stereocenters. The monoisotopic (exact) mass is 174 g/mol. The van der Waals surface area contributed by atoms with Crippen molar-refractivity contribution in [1.82, 2.24) is 0 Å². The van der Waals surface area contributed by atoms with E-state index in [1.807, 2.05) is 0 Å². The molecule has 0 aromatic heterocycles. The Hall–Kier alpha value is 0.480. The molecule has 0 saturated heterocycles. The van der Waals surface area contributed by atoms with E-state index in [9.17, 15) is 0 Å². The standard InChI is InChI=1S/C11H18.Na.H/c1-6-11-9(4)7(2)8(3)10(11)5;;/h9H,6H2,1-5H3;;. The Morgan fingerprint density at radius 1 is 1.08 bits per heavy atom. The zero-order valence-electron chi connectivity index (χ0n) is 8.28. The first-order chi connectivity index (χ1) is 5.09. The first-order valence-corrected chi connectivity index (χ1v) is 4.47. The van der Waals surface area contributed by atoms with Crippen LogP contribution in [0.25, 0.3) is 0 Å². The van der Waals surface area contributed by atoms with E-state index >= 15 is 0 Å². The van der Waals surface area contributed by atoms with Gasteiger partial charge >= 0.3 is 29.6 Å². The molecule has 1 atom stereocenters. The van der Waals surface area contributed by atoms with Crippen molar-refractivity contribution in [3.05, 3.63) is 22.3 Å². The van der Waals surface area contributed by atoms with Crippen LogP contribution in [0, 0.1) is 5.92 Å². The molecule has 0 N–H and O–H groups in total. The van der Waals surface area contributed by atoms with E-state index in [1.54, 1.807) is 11.1 Å². The van der Waals surface area contributed by atoms with Crippen molar-refractivity contribution < 1.29 is 0 Å². The topological polar surface area (TPSA) is 0 Å². The fourth-order valence-electron chi connectivity index (χ4n) is 2.02. The van der Waals surface area contributed by atoms with Crippen molar-refractivity contribution in [2.24, 2.45) is 5.92 Å². The third-order valence-corrected chi connectivity index (χ3v) is 3.19. The molecule has 1 heteroatoms. The van der Waals surface area contributed by atoms with E-state index in [0.717, 1.165) is 0 Å². The Balaban J connectivity index is 0.00000121. The van der Waals surface area contributed by atoms with Crippen LogP contribution >= 0.6 is 0 Å². The summed E-state index contributed by atoms with van der Waals surface area (Å²) in [6, 6.07) is 0. The first kappa shape index (κ1) is 12.5. The Kier molecular flexibility index (Phi) is 4.83. The van der Waals surface area contributed by atoms with Crippen molar-refractivity contribution in [1.29, 1.82) is 0 Å². The first-order valence-electron chi connectivity index (χ1n) is 4.47. The second kappa shape index (κ2) is 4.64. The number of allylic oxidation sites excluding steroid dienone is 4. The molecule has 0 saturated carbocycles. The number of rotatable bonds is 1. The van der Waals surface area contributed by atoms with Crippen molar-refractivity contribution in [2.75, 3.05) is 0 Å². The van der Waals surface area contributed by atoms with Crippen molar-refractivity contribution in [2.45, 2.75) is 41.0 Å². The summed E-state index contributed by atoms with van der Waals surface area (Å²) in [6.07, 6.45) is 1.21. The van der Waals surface area contributed by atoms with E-state index in [-0.39, 0.29) is 29.6 Å². The van der Waals surface area contributed by atoms with Crippen molar-refractivity contribution in [3.63, 3.8) is 0 Å². The van der Waals surface area contributed by atoms with E-state index in [1.165, 1.54) is 17.6 Å². The number of hydrogen-bond acceptors (Lipinski definition) is 0. The third-order valence-electron chi connectivity index (χ3n) is 3.19. The molecular formula is C11H19Na. The summed E-state index contributed by atoms with van der Waals surface area (Å²) in [5.74, 6) is 0.708. The van der Waals surface area contributed by atoms with Gasteiger partial charge in [0.25, 0.3) is 0 Å². The Morgan fingerprint density at radius 2 is 1.58 bits per heavy atom. The van der Waals surface area contributed by atoms with E-state index in [4.69, 9.17) is 0 Å². The van der Waals surface area contributed by atoms with E-state index in [2.05, 4.69) is 34.6 Å². The van der Waals surface area contributed by atoms with Gasteiger partial charge in [-0.05, 0) is 44.3 Å². The van der Waals surface area contributed by atoms with E-state index in [0.29, 0.717) is 5.92 Å². The molecule has 0 radical (unpaired) electrons. The molecule has 0 bridgehead atoms. The predicted molar refractivity (Wildman–Crippen MR) is 57.7 cm³/mol. The van der Waals surface area contributed by atoms with Crippen LogP contribution in [0.4, 0.5) is 0 Å². The average molecular weight is 174 g/mol. The third kappa shape index (κ3) is 1.86. The summed E-state index contributed by atoms with van der Waals surface area (Å²) in [4.78, 5) is 0. The van der Waals surface area contributed by atoms with Gasteiger partial charge < -0.3 is 0 Å². The molecule has 1 aliphatic carbocycles. The molecule has 12 heavy (non-hydrogen) atoms. The zero-order chi connectivity index (χ0) is 8.59. The van der Waals surface area contributed by atoms with E-state index < -0.39 is 0 Å². The van der Waals surface area contributed by atoms with Crippen LogP contribution in [0.15, 0.2) is 22.3 Å². The van der Waals surface area contributed by atoms with Crippen LogP contribution in [-0.4, -0.2) is 29.6 Å². The minimum absolute atomic E-state index is 0. The van der Waals surface area contributed by atoms with Gasteiger partial charge in [-0.2, -0.15) is 0 Å². The van der Waals surface area contributed by atoms with Crippen LogP contribution in [-0.2, 0) is 0 Å². The Bertz CT molecular complexity index is 233. The molecule has 0 heterocycles. The summed E-state index contributed by atoms with van der Waals surface area (Å²) in [6.45, 7) is 11.3. The van der Waals surface area contributed by atoms with Crippen molar-refractivity contribution >= 4 is 29.6 Å². The predicted octanol–water partition coefficient (Wildman–Crippen LogP) is 3.05. The van der Waals surface area contributed by atoms with Crippen LogP contribution in [0.3, 0.4) is 0 Å². The fourth-order valence-corrected chi connectivity index (χ4v) is 2.02. The van der Waals surface area contributed by atoms with Gasteiger partial charge in [0.2, 0.25) is 0 Å². The molecule has 0 aromatic rings. The summed E-state index contributed by atoms with van der Waals surface area (Å²) in [5.41, 5.74) is 6.27. The molecule has 1 rings (SSSR count). The Morgan fingerprint density at radius 3 is 1.75 bits per heavy atom. The molecule has 0 nitrogen and oxygen atoms in total. The van der Waals surface area contributed by atoms with Crippen LogP contribution in [0.5, 0.6) is 0 Å². The maximum absolute atomic E-state index is 2.31. The summed E-state index contributed by atoms with van der Waals surface area (Å²) < 4.78 is 0. The minimum atomic E-state index is 0. The van der Waals surface area contributed by atoms with Crippen LogP contribution in [0.1, 0.15) is 41.0 Å². The number of hydrogen-bond donors (Lipinski definition) is 0. The molecule has 0 aliphatic heterocycles. The molecule has 1 aliphatic rings. The summed E-state index contributed by atoms with van der Waals surface area (Å²) in [5, 5.41) is 0. The van der Waals surface area contributed by atoms with Gasteiger partial charge in [-0.25, -0.2) is 0 Å². The van der Waals surface area contributed by atoms with Gasteiger partial charge in [-0.15, -0.1) is 0 Å². The van der Waals surface area contributed by atoms with Gasteiger partial charge in [0, 0.05) is 0 Å². The molecule has 0 spiro atoms. The molecule has 64 valence electrons. The SMILES string of the molecule is CCC1=C(C)C(C)=C(C)C1C.[NaH]. The van der Waals surface area contributed by atoms with Crippen LogP contribution in [0.2, 0.25) is 0 Å². The average Bonchev–Trinajstić information content (AvgIpc) is 2.17. The Labute approximate surface area is 98.4 Å². The molecule has 0 amide bonds. The molecule has 0 fully saturated rings. The maximum atomic E-state index is 2.31.